The van der Waals surface area contributed by atoms with Crippen LogP contribution in [0.4, 0.5) is 4.39 Å². The number of amides is 2. The van der Waals surface area contributed by atoms with Crippen molar-refractivity contribution in [3.8, 4) is 16.9 Å². The Hall–Kier alpha value is -3.85. The van der Waals surface area contributed by atoms with Crippen molar-refractivity contribution in [1.29, 1.82) is 0 Å². The summed E-state index contributed by atoms with van der Waals surface area (Å²) in [5.74, 6) is -2.24. The van der Waals surface area contributed by atoms with Crippen LogP contribution in [0.25, 0.3) is 11.1 Å². The van der Waals surface area contributed by atoms with Crippen LogP contribution in [0.5, 0.6) is 5.75 Å². The van der Waals surface area contributed by atoms with Gasteiger partial charge in [0.15, 0.2) is 0 Å². The maximum absolute atomic E-state index is 15.4. The second-order valence-electron chi connectivity index (χ2n) is 11.8. The minimum atomic E-state index is -0.967. The number of piperidine rings is 1. The van der Waals surface area contributed by atoms with E-state index in [0.29, 0.717) is 60.8 Å². The molecule has 222 valence electrons. The zero-order valence-corrected chi connectivity index (χ0v) is 24.7. The Kier molecular flexibility index (Phi) is 8.32. The fourth-order valence-corrected chi connectivity index (χ4v) is 5.89. The number of nitrogens with zero attached hydrogens (tertiary/aromatic N) is 2. The highest BCUT2D eigenvalue weighted by Crippen LogP contribution is 2.40. The Labute approximate surface area is 249 Å². The first-order valence-electron chi connectivity index (χ1n) is 14.2. The summed E-state index contributed by atoms with van der Waals surface area (Å²) in [6.45, 7) is 6.73. The molecule has 0 saturated carbocycles. The number of benzene rings is 2. The zero-order valence-electron chi connectivity index (χ0n) is 24.0. The number of carbonyl (C=O) groups excluding carboxylic acids is 2. The van der Waals surface area contributed by atoms with Gasteiger partial charge in [0, 0.05) is 47.3 Å². The van der Waals surface area contributed by atoms with Gasteiger partial charge in [0.2, 0.25) is 5.91 Å². The molecule has 0 spiro atoms. The van der Waals surface area contributed by atoms with E-state index in [2.05, 4.69) is 5.32 Å². The van der Waals surface area contributed by atoms with Crippen molar-refractivity contribution in [2.45, 2.75) is 46.1 Å². The molecular weight excluding hydrogens is 561 g/mol. The van der Waals surface area contributed by atoms with Gasteiger partial charge >= 0.3 is 5.97 Å². The maximum Gasteiger partial charge on any atom is 0.309 e. The summed E-state index contributed by atoms with van der Waals surface area (Å²) in [5.41, 5.74) is 2.35. The maximum atomic E-state index is 15.4. The first kappa shape index (κ1) is 29.6. The first-order chi connectivity index (χ1) is 20.0. The minimum absolute atomic E-state index is 0.0264. The van der Waals surface area contributed by atoms with Crippen molar-refractivity contribution in [2.75, 3.05) is 26.2 Å². The van der Waals surface area contributed by atoms with E-state index in [1.54, 1.807) is 42.2 Å². The minimum Gasteiger partial charge on any atom is -0.492 e. The largest absolute Gasteiger partial charge is 0.492 e. The van der Waals surface area contributed by atoms with Gasteiger partial charge < -0.3 is 25.0 Å². The highest BCUT2D eigenvalue weighted by molar-refractivity contribution is 6.30. The van der Waals surface area contributed by atoms with Crippen LogP contribution in [-0.4, -0.2) is 65.0 Å². The molecule has 1 saturated heterocycles. The predicted octanol–water partition coefficient (Wildman–Crippen LogP) is 5.39. The summed E-state index contributed by atoms with van der Waals surface area (Å²) < 4.78 is 21.1. The molecule has 1 fully saturated rings. The number of aliphatic carboxylic acids is 1. The monoisotopic (exact) mass is 595 g/mol. The van der Waals surface area contributed by atoms with Gasteiger partial charge in [-0.2, -0.15) is 0 Å². The summed E-state index contributed by atoms with van der Waals surface area (Å²) >= 11 is 6.31. The van der Waals surface area contributed by atoms with Gasteiger partial charge in [-0.15, -0.1) is 0 Å². The Morgan fingerprint density at radius 2 is 1.90 bits per heavy atom. The second kappa shape index (κ2) is 11.8. The van der Waals surface area contributed by atoms with E-state index in [-0.39, 0.29) is 24.1 Å². The van der Waals surface area contributed by atoms with Gasteiger partial charge in [-0.25, -0.2) is 4.39 Å². The highest BCUT2D eigenvalue weighted by Gasteiger charge is 2.44. The molecule has 0 aromatic heterocycles. The van der Waals surface area contributed by atoms with Crippen LogP contribution >= 0.6 is 11.6 Å². The summed E-state index contributed by atoms with van der Waals surface area (Å²) in [5, 5.41) is 13.1. The number of hydrogen-bond donors (Lipinski definition) is 2. The van der Waals surface area contributed by atoms with Gasteiger partial charge in [0.25, 0.3) is 5.91 Å². The van der Waals surface area contributed by atoms with E-state index < -0.39 is 29.0 Å². The molecule has 2 N–H and O–H groups in total. The Morgan fingerprint density at radius 3 is 2.60 bits per heavy atom. The van der Waals surface area contributed by atoms with E-state index in [0.717, 1.165) is 11.4 Å². The Morgan fingerprint density at radius 1 is 1.19 bits per heavy atom. The normalized spacial score (nSPS) is 19.5. The fraction of sp³-hybridized carbons (Fsp3) is 0.406. The quantitative estimate of drug-likeness (QED) is 0.445. The molecule has 2 aromatic rings. The van der Waals surface area contributed by atoms with Crippen LogP contribution < -0.4 is 10.1 Å². The van der Waals surface area contributed by atoms with Crippen LogP contribution in [0, 0.1) is 17.2 Å². The molecule has 3 aliphatic rings. The zero-order chi connectivity index (χ0) is 30.2. The molecule has 0 bridgehead atoms. The molecule has 2 amide bonds. The van der Waals surface area contributed by atoms with Gasteiger partial charge in [-0.1, -0.05) is 49.7 Å². The number of likely N-dealkylation sites (tertiary alicyclic amines) is 1. The standard InChI is InChI=1S/C32H35ClFN3O5/c1-19(30(39)40)18-42-28-7-5-4-6-23(28)20-8-9-24(25(34)14-20)29(38)36-12-10-22(11-13-36)37-27-15-21(33)17-35-26(27)16-32(2,3)31(37)41/h4-9,14-15,19,22,35H,10-13,16-18H2,1-3H3,(H,39,40)/t19-/m0/s1. The van der Waals surface area contributed by atoms with Crippen molar-refractivity contribution in [2.24, 2.45) is 11.3 Å². The van der Waals surface area contributed by atoms with Crippen LogP contribution in [0.2, 0.25) is 0 Å². The SMILES string of the molecule is C[C@@H](COc1ccccc1-c1ccc(C(=O)N2CCC(N3C(=O)C(C)(C)CC4=C3C=C(Cl)CN4)CC2)c(F)c1)C(=O)O. The van der Waals surface area contributed by atoms with Crippen LogP contribution in [0.3, 0.4) is 0 Å². The summed E-state index contributed by atoms with van der Waals surface area (Å²) in [4.78, 5) is 41.5. The molecule has 0 unspecified atom stereocenters. The smallest absolute Gasteiger partial charge is 0.309 e. The van der Waals surface area contributed by atoms with Crippen LogP contribution in [0.1, 0.15) is 50.4 Å². The van der Waals surface area contributed by atoms with Crippen molar-refractivity contribution in [1.82, 2.24) is 15.1 Å². The second-order valence-corrected chi connectivity index (χ2v) is 12.3. The number of nitrogens with one attached hydrogen (secondary N) is 1. The average molecular weight is 596 g/mol. The lowest BCUT2D eigenvalue weighted by atomic mass is 9.80. The molecule has 0 radical (unpaired) electrons. The van der Waals surface area contributed by atoms with Gasteiger partial charge in [-0.05, 0) is 49.6 Å². The van der Waals surface area contributed by atoms with Crippen molar-refractivity contribution in [3.63, 3.8) is 0 Å². The number of ether oxygens (including phenoxy) is 1. The molecule has 5 rings (SSSR count). The third-order valence-electron chi connectivity index (χ3n) is 8.17. The van der Waals surface area contributed by atoms with Gasteiger partial charge in [0.05, 0.1) is 23.7 Å². The fourth-order valence-electron chi connectivity index (χ4n) is 5.72. The van der Waals surface area contributed by atoms with Gasteiger partial charge in [0.1, 0.15) is 18.2 Å². The number of carboxylic acid groups (broad SMARTS) is 1. The van der Waals surface area contributed by atoms with Crippen molar-refractivity contribution >= 4 is 29.4 Å². The summed E-state index contributed by atoms with van der Waals surface area (Å²) in [6.07, 6.45) is 3.61. The Balaban J connectivity index is 1.29. The molecule has 3 heterocycles. The number of para-hydroxylation sites is 1. The lowest BCUT2D eigenvalue weighted by Crippen LogP contribution is -2.54. The number of carboxylic acids is 1. The van der Waals surface area contributed by atoms with Crippen LogP contribution in [-0.2, 0) is 9.59 Å². The van der Waals surface area contributed by atoms with E-state index in [9.17, 15) is 14.4 Å². The summed E-state index contributed by atoms with van der Waals surface area (Å²) in [7, 11) is 0. The molecule has 10 heteroatoms. The lowest BCUT2D eigenvalue weighted by Gasteiger charge is -2.46. The highest BCUT2D eigenvalue weighted by atomic mass is 35.5. The first-order valence-corrected chi connectivity index (χ1v) is 14.5. The van der Waals surface area contributed by atoms with E-state index in [1.165, 1.54) is 12.1 Å². The average Bonchev–Trinajstić information content (AvgIpc) is 2.96. The van der Waals surface area contributed by atoms with E-state index in [1.807, 2.05) is 24.8 Å². The Bertz CT molecular complexity index is 1480. The third kappa shape index (κ3) is 5.88. The summed E-state index contributed by atoms with van der Waals surface area (Å²) in [6, 6.07) is 11.3. The number of hydrogen-bond acceptors (Lipinski definition) is 5. The van der Waals surface area contributed by atoms with Crippen molar-refractivity contribution < 1.29 is 28.6 Å². The predicted molar refractivity (Wildman–Crippen MR) is 157 cm³/mol. The third-order valence-corrected chi connectivity index (χ3v) is 8.42. The molecule has 8 nitrogen and oxygen atoms in total. The number of allylic oxidation sites excluding steroid dienone is 2. The molecule has 1 atom stereocenters. The molecule has 3 aliphatic heterocycles. The van der Waals surface area contributed by atoms with E-state index in [4.69, 9.17) is 21.4 Å². The molecular formula is C32H35ClFN3O5. The number of rotatable bonds is 7. The lowest BCUT2D eigenvalue weighted by molar-refractivity contribution is -0.143. The van der Waals surface area contributed by atoms with E-state index >= 15 is 4.39 Å². The topological polar surface area (TPSA) is 99.2 Å². The van der Waals surface area contributed by atoms with Gasteiger partial charge in [-0.3, -0.25) is 14.4 Å². The molecule has 2 aromatic carbocycles. The number of halogens is 2. The molecule has 0 aliphatic carbocycles. The molecule has 42 heavy (non-hydrogen) atoms. The van der Waals surface area contributed by atoms with Crippen LogP contribution in [0.15, 0.2) is 65.0 Å². The number of carbonyl (C=O) groups is 3. The number of dihydropyridines is 1. The van der Waals surface area contributed by atoms with Crippen molar-refractivity contribution in [3.05, 3.63) is 76.3 Å².